The van der Waals surface area contributed by atoms with Crippen LogP contribution in [0.2, 0.25) is 10.2 Å². The van der Waals surface area contributed by atoms with E-state index in [9.17, 15) is 9.59 Å². The Morgan fingerprint density at radius 1 is 1.35 bits per heavy atom. The summed E-state index contributed by atoms with van der Waals surface area (Å²) in [7, 11) is 0. The van der Waals surface area contributed by atoms with E-state index in [0.29, 0.717) is 18.7 Å². The van der Waals surface area contributed by atoms with Gasteiger partial charge in [0, 0.05) is 32.3 Å². The maximum atomic E-state index is 12.1. The van der Waals surface area contributed by atoms with Crippen LogP contribution in [0.1, 0.15) is 30.1 Å². The summed E-state index contributed by atoms with van der Waals surface area (Å²) in [5.74, 6) is -0.195. The van der Waals surface area contributed by atoms with Gasteiger partial charge in [0.15, 0.2) is 0 Å². The van der Waals surface area contributed by atoms with Crippen molar-refractivity contribution in [3.63, 3.8) is 0 Å². The molecule has 2 amide bonds. The van der Waals surface area contributed by atoms with E-state index >= 15 is 0 Å². The largest absolute Gasteiger partial charge is 0.349 e. The maximum absolute atomic E-state index is 12.1. The second-order valence-corrected chi connectivity index (χ2v) is 5.54. The summed E-state index contributed by atoms with van der Waals surface area (Å²) in [6.45, 7) is 2.87. The van der Waals surface area contributed by atoms with Crippen LogP contribution in [-0.2, 0) is 4.79 Å². The molecule has 108 valence electrons. The van der Waals surface area contributed by atoms with Gasteiger partial charge in [-0.15, -0.1) is 0 Å². The van der Waals surface area contributed by atoms with Gasteiger partial charge in [-0.05, 0) is 18.9 Å². The summed E-state index contributed by atoms with van der Waals surface area (Å²) in [5.41, 5.74) is 0.320. The number of halogens is 2. The lowest BCUT2D eigenvalue weighted by atomic mass is 10.0. The highest BCUT2D eigenvalue weighted by molar-refractivity contribution is 6.35. The molecule has 1 aliphatic rings. The van der Waals surface area contributed by atoms with E-state index < -0.39 is 0 Å². The zero-order valence-corrected chi connectivity index (χ0v) is 12.5. The molecule has 0 atom stereocenters. The molecule has 0 radical (unpaired) electrons. The number of nitrogens with zero attached hydrogens (tertiary/aromatic N) is 2. The van der Waals surface area contributed by atoms with Crippen molar-refractivity contribution < 1.29 is 9.59 Å². The molecule has 0 saturated carbocycles. The number of pyridine rings is 1. The Balaban J connectivity index is 1.96. The average molecular weight is 316 g/mol. The first-order valence-corrected chi connectivity index (χ1v) is 7.10. The molecule has 0 aromatic carbocycles. The Morgan fingerprint density at radius 2 is 2.00 bits per heavy atom. The standard InChI is InChI=1S/C13H15Cl2N3O2/c1-8(19)18-4-2-9(3-5-18)17-13(20)10-6-12(15)16-7-11(10)14/h6-7,9H,2-5H2,1H3,(H,17,20). The first kappa shape index (κ1) is 15.1. The zero-order chi connectivity index (χ0) is 14.7. The summed E-state index contributed by atoms with van der Waals surface area (Å²) in [4.78, 5) is 29.0. The second kappa shape index (κ2) is 6.41. The number of nitrogens with one attached hydrogen (secondary N) is 1. The van der Waals surface area contributed by atoms with Gasteiger partial charge < -0.3 is 10.2 Å². The number of carbonyl (C=O) groups excluding carboxylic acids is 2. The van der Waals surface area contributed by atoms with E-state index in [-0.39, 0.29) is 28.0 Å². The molecule has 5 nitrogen and oxygen atoms in total. The van der Waals surface area contributed by atoms with E-state index in [2.05, 4.69) is 10.3 Å². The first-order valence-electron chi connectivity index (χ1n) is 6.35. The molecular weight excluding hydrogens is 301 g/mol. The average Bonchev–Trinajstić information content (AvgIpc) is 2.42. The van der Waals surface area contributed by atoms with Crippen LogP contribution in [0.25, 0.3) is 0 Å². The van der Waals surface area contributed by atoms with Crippen LogP contribution >= 0.6 is 23.2 Å². The molecule has 0 unspecified atom stereocenters. The van der Waals surface area contributed by atoms with Crippen LogP contribution in [0, 0.1) is 0 Å². The molecule has 1 N–H and O–H groups in total. The lowest BCUT2D eigenvalue weighted by Crippen LogP contribution is -2.46. The van der Waals surface area contributed by atoms with Gasteiger partial charge in [0.25, 0.3) is 5.91 Å². The van der Waals surface area contributed by atoms with Gasteiger partial charge in [-0.25, -0.2) is 4.98 Å². The van der Waals surface area contributed by atoms with Crippen LogP contribution in [0.15, 0.2) is 12.3 Å². The van der Waals surface area contributed by atoms with Gasteiger partial charge in [0.2, 0.25) is 5.91 Å². The van der Waals surface area contributed by atoms with Crippen molar-refractivity contribution >= 4 is 35.0 Å². The van der Waals surface area contributed by atoms with E-state index in [1.54, 1.807) is 11.8 Å². The Morgan fingerprint density at radius 3 is 2.60 bits per heavy atom. The van der Waals surface area contributed by atoms with Crippen LogP contribution in [0.5, 0.6) is 0 Å². The van der Waals surface area contributed by atoms with Crippen molar-refractivity contribution in [2.75, 3.05) is 13.1 Å². The minimum absolute atomic E-state index is 0.0427. The first-order chi connectivity index (χ1) is 9.47. The molecule has 0 bridgehead atoms. The molecule has 20 heavy (non-hydrogen) atoms. The van der Waals surface area contributed by atoms with Crippen molar-refractivity contribution in [1.29, 1.82) is 0 Å². The minimum atomic E-state index is -0.263. The summed E-state index contributed by atoms with van der Waals surface area (Å²) >= 11 is 11.7. The lowest BCUT2D eigenvalue weighted by molar-refractivity contribution is -0.129. The molecule has 1 fully saturated rings. The van der Waals surface area contributed by atoms with E-state index in [1.807, 2.05) is 0 Å². The van der Waals surface area contributed by atoms with Crippen molar-refractivity contribution in [2.45, 2.75) is 25.8 Å². The fraction of sp³-hybridized carbons (Fsp3) is 0.462. The quantitative estimate of drug-likeness (QED) is 0.850. The number of likely N-dealkylation sites (tertiary alicyclic amines) is 1. The molecule has 1 aromatic rings. The Kier molecular flexibility index (Phi) is 4.83. The summed E-state index contributed by atoms with van der Waals surface area (Å²) in [5, 5.41) is 3.41. The molecule has 0 aliphatic carbocycles. The molecule has 2 heterocycles. The Labute approximate surface area is 127 Å². The topological polar surface area (TPSA) is 62.3 Å². The third kappa shape index (κ3) is 3.61. The van der Waals surface area contributed by atoms with Crippen LogP contribution in [0.4, 0.5) is 0 Å². The molecule has 2 rings (SSSR count). The van der Waals surface area contributed by atoms with Crippen molar-refractivity contribution in [3.05, 3.63) is 28.0 Å². The molecular formula is C13H15Cl2N3O2. The number of rotatable bonds is 2. The van der Waals surface area contributed by atoms with E-state index in [0.717, 1.165) is 12.8 Å². The predicted octanol–water partition coefficient (Wildman–Crippen LogP) is 2.13. The van der Waals surface area contributed by atoms with Crippen molar-refractivity contribution in [2.24, 2.45) is 0 Å². The van der Waals surface area contributed by atoms with Gasteiger partial charge in [-0.2, -0.15) is 0 Å². The van der Waals surface area contributed by atoms with E-state index in [1.165, 1.54) is 12.3 Å². The number of aromatic nitrogens is 1. The number of hydrogen-bond acceptors (Lipinski definition) is 3. The predicted molar refractivity (Wildman–Crippen MR) is 77.0 cm³/mol. The van der Waals surface area contributed by atoms with Gasteiger partial charge >= 0.3 is 0 Å². The molecule has 0 spiro atoms. The van der Waals surface area contributed by atoms with Gasteiger partial charge in [0.05, 0.1) is 10.6 Å². The lowest BCUT2D eigenvalue weighted by Gasteiger charge is -2.31. The van der Waals surface area contributed by atoms with E-state index in [4.69, 9.17) is 23.2 Å². The van der Waals surface area contributed by atoms with Crippen LogP contribution in [0.3, 0.4) is 0 Å². The van der Waals surface area contributed by atoms with Crippen molar-refractivity contribution in [1.82, 2.24) is 15.2 Å². The summed E-state index contributed by atoms with van der Waals surface area (Å²) in [6, 6.07) is 1.49. The van der Waals surface area contributed by atoms with Crippen LogP contribution < -0.4 is 5.32 Å². The minimum Gasteiger partial charge on any atom is -0.349 e. The number of carbonyl (C=O) groups is 2. The Hall–Kier alpha value is -1.33. The number of piperidine rings is 1. The smallest absolute Gasteiger partial charge is 0.253 e. The molecule has 1 aromatic heterocycles. The van der Waals surface area contributed by atoms with Gasteiger partial charge in [-0.1, -0.05) is 23.2 Å². The highest BCUT2D eigenvalue weighted by Gasteiger charge is 2.23. The summed E-state index contributed by atoms with van der Waals surface area (Å²) in [6.07, 6.45) is 2.83. The second-order valence-electron chi connectivity index (χ2n) is 4.74. The highest BCUT2D eigenvalue weighted by Crippen LogP contribution is 2.19. The number of hydrogen-bond donors (Lipinski definition) is 1. The molecule has 1 saturated heterocycles. The molecule has 7 heteroatoms. The normalized spacial score (nSPS) is 16.1. The zero-order valence-electron chi connectivity index (χ0n) is 11.0. The monoisotopic (exact) mass is 315 g/mol. The van der Waals surface area contributed by atoms with Gasteiger partial charge in [0.1, 0.15) is 5.15 Å². The highest BCUT2D eigenvalue weighted by atomic mass is 35.5. The fourth-order valence-corrected chi connectivity index (χ4v) is 2.54. The summed E-state index contributed by atoms with van der Waals surface area (Å²) < 4.78 is 0. The Bertz CT molecular complexity index is 528. The third-order valence-corrected chi connectivity index (χ3v) is 3.85. The SMILES string of the molecule is CC(=O)N1CCC(NC(=O)c2cc(Cl)ncc2Cl)CC1. The fourth-order valence-electron chi connectivity index (χ4n) is 2.19. The maximum Gasteiger partial charge on any atom is 0.253 e. The van der Waals surface area contributed by atoms with Gasteiger partial charge in [-0.3, -0.25) is 9.59 Å². The number of amides is 2. The van der Waals surface area contributed by atoms with Crippen LogP contribution in [-0.4, -0.2) is 40.8 Å². The third-order valence-electron chi connectivity index (χ3n) is 3.34. The van der Waals surface area contributed by atoms with Crippen molar-refractivity contribution in [3.8, 4) is 0 Å². The molecule has 1 aliphatic heterocycles.